The van der Waals surface area contributed by atoms with Crippen LogP contribution in [0, 0.1) is 5.41 Å². The Morgan fingerprint density at radius 2 is 2.07 bits per heavy atom. The quantitative estimate of drug-likeness (QED) is 0.504. The van der Waals surface area contributed by atoms with Gasteiger partial charge in [0.1, 0.15) is 23.5 Å². The Bertz CT molecular complexity index is 979. The molecule has 5 N–H and O–H groups in total. The largest absolute Gasteiger partial charge is 0.424 e. The van der Waals surface area contributed by atoms with Gasteiger partial charge in [0.2, 0.25) is 0 Å². The molecule has 9 nitrogen and oxygen atoms in total. The Morgan fingerprint density at radius 3 is 2.85 bits per heavy atom. The van der Waals surface area contributed by atoms with Crippen molar-refractivity contribution in [3.63, 3.8) is 0 Å². The van der Waals surface area contributed by atoms with Crippen LogP contribution in [0.3, 0.4) is 0 Å². The number of hydrogen-bond acceptors (Lipinski definition) is 9. The van der Waals surface area contributed by atoms with E-state index in [2.05, 4.69) is 25.6 Å². The number of nitrogens with two attached hydrogens (primary N) is 1. The number of benzene rings is 1. The number of rotatable bonds is 5. The summed E-state index contributed by atoms with van der Waals surface area (Å²) in [7, 11) is 1.74. The first-order chi connectivity index (χ1) is 13.2. The van der Waals surface area contributed by atoms with Crippen LogP contribution in [0.25, 0.3) is 11.1 Å². The molecule has 0 saturated carbocycles. The van der Waals surface area contributed by atoms with Crippen LogP contribution < -0.4 is 16.4 Å². The standard InChI is InChI=1S/C18H21N7O2/c1-21-18-25-12-8-10(2-3-13(12)27-18)15(19)14-16(20)22-9-23-17(14)24-11-4-6-26-7-5-11/h2-3,8-9,11,19H,4-7H2,1H3,(H,21,25)(H3,20,22,23,24). The molecule has 0 aliphatic carbocycles. The third-order valence-electron chi connectivity index (χ3n) is 4.58. The number of ether oxygens (including phenoxy) is 1. The van der Waals surface area contributed by atoms with E-state index in [1.54, 1.807) is 25.2 Å². The number of aromatic nitrogens is 3. The maximum Gasteiger partial charge on any atom is 0.295 e. The molecule has 0 amide bonds. The lowest BCUT2D eigenvalue weighted by Gasteiger charge is -2.25. The minimum atomic E-state index is 0.232. The Hall–Kier alpha value is -3.20. The number of anilines is 3. The fraction of sp³-hybridized carbons (Fsp3) is 0.333. The van der Waals surface area contributed by atoms with Crippen molar-refractivity contribution >= 4 is 34.5 Å². The maximum atomic E-state index is 8.70. The molecule has 2 aromatic heterocycles. The van der Waals surface area contributed by atoms with Crippen molar-refractivity contribution in [3.8, 4) is 0 Å². The molecule has 27 heavy (non-hydrogen) atoms. The molecule has 0 atom stereocenters. The van der Waals surface area contributed by atoms with Gasteiger partial charge in [-0.05, 0) is 31.0 Å². The highest BCUT2D eigenvalue weighted by Crippen LogP contribution is 2.26. The molecule has 140 valence electrons. The SMILES string of the molecule is CNc1nc2cc(C(=N)c3c(N)ncnc3NC3CCOCC3)ccc2o1. The number of nitrogens with zero attached hydrogens (tertiary/aromatic N) is 3. The molecule has 3 aromatic rings. The van der Waals surface area contributed by atoms with E-state index in [1.807, 2.05) is 0 Å². The van der Waals surface area contributed by atoms with Gasteiger partial charge in [-0.1, -0.05) is 0 Å². The summed E-state index contributed by atoms with van der Waals surface area (Å²) >= 11 is 0. The summed E-state index contributed by atoms with van der Waals surface area (Å²) in [6.45, 7) is 1.42. The van der Waals surface area contributed by atoms with E-state index >= 15 is 0 Å². The van der Waals surface area contributed by atoms with Crippen LogP contribution in [0.5, 0.6) is 0 Å². The van der Waals surface area contributed by atoms with E-state index < -0.39 is 0 Å². The Morgan fingerprint density at radius 1 is 1.26 bits per heavy atom. The molecule has 1 saturated heterocycles. The van der Waals surface area contributed by atoms with Crippen LogP contribution in [-0.2, 0) is 4.74 Å². The molecule has 0 unspecified atom stereocenters. The highest BCUT2D eigenvalue weighted by atomic mass is 16.5. The predicted octanol–water partition coefficient (Wildman–Crippen LogP) is 2.25. The maximum absolute atomic E-state index is 8.70. The van der Waals surface area contributed by atoms with Crippen molar-refractivity contribution in [2.24, 2.45) is 0 Å². The van der Waals surface area contributed by atoms with Gasteiger partial charge in [-0.25, -0.2) is 9.97 Å². The predicted molar refractivity (Wildman–Crippen MR) is 103 cm³/mol. The smallest absolute Gasteiger partial charge is 0.295 e. The zero-order valence-corrected chi connectivity index (χ0v) is 15.0. The molecule has 1 aliphatic rings. The van der Waals surface area contributed by atoms with E-state index in [4.69, 9.17) is 20.3 Å². The number of oxazole rings is 1. The van der Waals surface area contributed by atoms with E-state index in [-0.39, 0.29) is 17.6 Å². The van der Waals surface area contributed by atoms with Crippen molar-refractivity contribution < 1.29 is 9.15 Å². The van der Waals surface area contributed by atoms with Crippen LogP contribution >= 0.6 is 0 Å². The molecule has 0 radical (unpaired) electrons. The number of nitrogens with one attached hydrogen (secondary N) is 3. The second-order valence-corrected chi connectivity index (χ2v) is 6.34. The van der Waals surface area contributed by atoms with Gasteiger partial charge in [0.15, 0.2) is 5.58 Å². The fourth-order valence-electron chi connectivity index (χ4n) is 3.12. The first-order valence-corrected chi connectivity index (χ1v) is 8.78. The van der Waals surface area contributed by atoms with Gasteiger partial charge in [-0.15, -0.1) is 0 Å². The molecule has 9 heteroatoms. The topological polar surface area (TPSA) is 135 Å². The lowest BCUT2D eigenvalue weighted by atomic mass is 10.0. The van der Waals surface area contributed by atoms with E-state index in [9.17, 15) is 0 Å². The van der Waals surface area contributed by atoms with E-state index in [0.717, 1.165) is 12.8 Å². The van der Waals surface area contributed by atoms with Crippen LogP contribution in [0.1, 0.15) is 24.0 Å². The molecular formula is C18H21N7O2. The second kappa shape index (κ2) is 7.20. The van der Waals surface area contributed by atoms with Crippen LogP contribution in [0.4, 0.5) is 17.7 Å². The number of hydrogen-bond donors (Lipinski definition) is 4. The summed E-state index contributed by atoms with van der Waals surface area (Å²) in [5.41, 5.74) is 8.80. The average molecular weight is 367 g/mol. The lowest BCUT2D eigenvalue weighted by molar-refractivity contribution is 0.0904. The molecule has 0 spiro atoms. The fourth-order valence-corrected chi connectivity index (χ4v) is 3.12. The van der Waals surface area contributed by atoms with Crippen molar-refractivity contribution in [2.75, 3.05) is 36.6 Å². The first kappa shape index (κ1) is 17.2. The van der Waals surface area contributed by atoms with Gasteiger partial charge < -0.3 is 25.5 Å². The number of fused-ring (bicyclic) bond motifs is 1. The third kappa shape index (κ3) is 3.41. The average Bonchev–Trinajstić information content (AvgIpc) is 3.11. The van der Waals surface area contributed by atoms with Gasteiger partial charge in [-0.2, -0.15) is 4.98 Å². The normalized spacial score (nSPS) is 15.0. The summed E-state index contributed by atoms with van der Waals surface area (Å²) in [6.07, 6.45) is 3.18. The monoisotopic (exact) mass is 367 g/mol. The highest BCUT2D eigenvalue weighted by molar-refractivity contribution is 6.17. The van der Waals surface area contributed by atoms with E-state index in [0.29, 0.717) is 47.3 Å². The molecule has 1 aromatic carbocycles. The molecule has 3 heterocycles. The van der Waals surface area contributed by atoms with Gasteiger partial charge in [0.05, 0.1) is 11.3 Å². The minimum absolute atomic E-state index is 0.232. The molecule has 1 fully saturated rings. The zero-order chi connectivity index (χ0) is 18.8. The first-order valence-electron chi connectivity index (χ1n) is 8.78. The zero-order valence-electron chi connectivity index (χ0n) is 15.0. The Labute approximate surface area is 155 Å². The van der Waals surface area contributed by atoms with Gasteiger partial charge >= 0.3 is 0 Å². The summed E-state index contributed by atoms with van der Waals surface area (Å²) in [5, 5.41) is 15.0. The Kier molecular flexibility index (Phi) is 4.59. The summed E-state index contributed by atoms with van der Waals surface area (Å²) in [4.78, 5) is 12.7. The van der Waals surface area contributed by atoms with Crippen LogP contribution in [0.2, 0.25) is 0 Å². The van der Waals surface area contributed by atoms with Crippen molar-refractivity contribution in [2.45, 2.75) is 18.9 Å². The van der Waals surface area contributed by atoms with Crippen molar-refractivity contribution in [1.29, 1.82) is 5.41 Å². The molecule has 0 bridgehead atoms. The highest BCUT2D eigenvalue weighted by Gasteiger charge is 2.21. The lowest BCUT2D eigenvalue weighted by Crippen LogP contribution is -2.29. The summed E-state index contributed by atoms with van der Waals surface area (Å²) in [6, 6.07) is 6.06. The summed E-state index contributed by atoms with van der Waals surface area (Å²) < 4.78 is 10.9. The van der Waals surface area contributed by atoms with Gasteiger partial charge in [-0.3, -0.25) is 5.41 Å². The van der Waals surface area contributed by atoms with Gasteiger partial charge in [0, 0.05) is 31.9 Å². The van der Waals surface area contributed by atoms with Crippen LogP contribution in [-0.4, -0.2) is 47.0 Å². The van der Waals surface area contributed by atoms with Crippen molar-refractivity contribution in [3.05, 3.63) is 35.7 Å². The second-order valence-electron chi connectivity index (χ2n) is 6.34. The number of nitrogen functional groups attached to an aromatic ring is 1. The van der Waals surface area contributed by atoms with Crippen molar-refractivity contribution in [1.82, 2.24) is 15.0 Å². The molecular weight excluding hydrogens is 346 g/mol. The summed E-state index contributed by atoms with van der Waals surface area (Å²) in [5.74, 6) is 0.830. The molecule has 1 aliphatic heterocycles. The Balaban J connectivity index is 1.68. The molecule has 4 rings (SSSR count). The van der Waals surface area contributed by atoms with Crippen LogP contribution in [0.15, 0.2) is 28.9 Å². The third-order valence-corrected chi connectivity index (χ3v) is 4.58. The minimum Gasteiger partial charge on any atom is -0.424 e. The van der Waals surface area contributed by atoms with E-state index in [1.165, 1.54) is 6.33 Å². The van der Waals surface area contributed by atoms with Gasteiger partial charge in [0.25, 0.3) is 6.01 Å².